The van der Waals surface area contributed by atoms with Crippen LogP contribution in [0.25, 0.3) is 0 Å². The van der Waals surface area contributed by atoms with Crippen LogP contribution >= 0.6 is 0 Å². The van der Waals surface area contributed by atoms with Gasteiger partial charge in [-0.3, -0.25) is 14.9 Å². The van der Waals surface area contributed by atoms with Crippen molar-refractivity contribution in [1.29, 1.82) is 0 Å². The number of amides is 1. The van der Waals surface area contributed by atoms with Gasteiger partial charge < -0.3 is 11.1 Å². The Balaban J connectivity index is 2.82. The summed E-state index contributed by atoms with van der Waals surface area (Å²) in [5.74, 6) is -0.286. The predicted octanol–water partition coefficient (Wildman–Crippen LogP) is 1.95. The second-order valence-electron chi connectivity index (χ2n) is 5.27. The molecule has 1 aromatic rings. The molecule has 0 radical (unpaired) electrons. The fourth-order valence-electron chi connectivity index (χ4n) is 1.31. The van der Waals surface area contributed by atoms with Crippen LogP contribution in [0.2, 0.25) is 0 Å². The maximum atomic E-state index is 11.8. The molecule has 0 heterocycles. The average Bonchev–Trinajstić information content (AvgIpc) is 2.24. The molecular formula is C12H17N3O3. The van der Waals surface area contributed by atoms with Crippen molar-refractivity contribution in [2.75, 3.05) is 12.3 Å². The number of hydrogen-bond acceptors (Lipinski definition) is 4. The summed E-state index contributed by atoms with van der Waals surface area (Å²) in [6.07, 6.45) is 0. The lowest BCUT2D eigenvalue weighted by Gasteiger charge is -2.18. The third kappa shape index (κ3) is 3.73. The Morgan fingerprint density at radius 1 is 1.44 bits per heavy atom. The van der Waals surface area contributed by atoms with Crippen LogP contribution in [0.1, 0.15) is 31.1 Å². The zero-order valence-electron chi connectivity index (χ0n) is 10.7. The fraction of sp³-hybridized carbons (Fsp3) is 0.417. The Morgan fingerprint density at radius 2 is 2.06 bits per heavy atom. The Labute approximate surface area is 105 Å². The summed E-state index contributed by atoms with van der Waals surface area (Å²) in [5, 5.41) is 13.3. The summed E-state index contributed by atoms with van der Waals surface area (Å²) < 4.78 is 0. The number of benzene rings is 1. The number of nitrogens with one attached hydrogen (secondary N) is 1. The second-order valence-corrected chi connectivity index (χ2v) is 5.27. The van der Waals surface area contributed by atoms with Gasteiger partial charge in [0.25, 0.3) is 11.6 Å². The van der Waals surface area contributed by atoms with Gasteiger partial charge in [0, 0.05) is 18.2 Å². The van der Waals surface area contributed by atoms with Gasteiger partial charge in [-0.25, -0.2) is 0 Å². The minimum absolute atomic E-state index is 0.0107. The van der Waals surface area contributed by atoms with Crippen molar-refractivity contribution in [3.8, 4) is 0 Å². The molecule has 0 aromatic heterocycles. The molecule has 6 heteroatoms. The highest BCUT2D eigenvalue weighted by atomic mass is 16.6. The first-order valence-corrected chi connectivity index (χ1v) is 5.53. The quantitative estimate of drug-likeness (QED) is 0.487. The maximum absolute atomic E-state index is 11.8. The molecule has 0 fully saturated rings. The number of hydrogen-bond donors (Lipinski definition) is 2. The van der Waals surface area contributed by atoms with E-state index in [1.807, 2.05) is 20.8 Å². The number of rotatable bonds is 3. The van der Waals surface area contributed by atoms with Crippen LogP contribution in [-0.2, 0) is 0 Å². The number of nitrogens with two attached hydrogens (primary N) is 1. The lowest BCUT2D eigenvalue weighted by molar-refractivity contribution is -0.383. The van der Waals surface area contributed by atoms with Gasteiger partial charge in [-0.1, -0.05) is 20.8 Å². The average molecular weight is 251 g/mol. The lowest BCUT2D eigenvalue weighted by Crippen LogP contribution is -2.32. The van der Waals surface area contributed by atoms with E-state index in [1.165, 1.54) is 18.2 Å². The Morgan fingerprint density at radius 3 is 2.50 bits per heavy atom. The van der Waals surface area contributed by atoms with Gasteiger partial charge >= 0.3 is 0 Å². The van der Waals surface area contributed by atoms with E-state index in [9.17, 15) is 14.9 Å². The van der Waals surface area contributed by atoms with Crippen molar-refractivity contribution in [3.05, 3.63) is 33.9 Å². The molecule has 0 aliphatic heterocycles. The van der Waals surface area contributed by atoms with Gasteiger partial charge in [-0.2, -0.15) is 0 Å². The van der Waals surface area contributed by atoms with Gasteiger partial charge in [-0.05, 0) is 17.5 Å². The number of nitrogen functional groups attached to an aromatic ring is 1. The zero-order chi connectivity index (χ0) is 13.9. The van der Waals surface area contributed by atoms with Crippen LogP contribution in [0.4, 0.5) is 11.4 Å². The zero-order valence-corrected chi connectivity index (χ0v) is 10.7. The molecule has 0 aliphatic carbocycles. The van der Waals surface area contributed by atoms with Crippen molar-refractivity contribution < 1.29 is 9.72 Å². The summed E-state index contributed by atoms with van der Waals surface area (Å²) in [4.78, 5) is 21.8. The molecule has 0 spiro atoms. The topological polar surface area (TPSA) is 98.3 Å². The SMILES string of the molecule is CC(C)(C)CNC(=O)c1ccc([N+](=O)[O-])c(N)c1. The highest BCUT2D eigenvalue weighted by Gasteiger charge is 2.16. The van der Waals surface area contributed by atoms with E-state index in [4.69, 9.17) is 5.73 Å². The van der Waals surface area contributed by atoms with Crippen LogP contribution < -0.4 is 11.1 Å². The van der Waals surface area contributed by atoms with Crippen molar-refractivity contribution in [2.24, 2.45) is 5.41 Å². The molecule has 0 aliphatic rings. The van der Waals surface area contributed by atoms with Crippen molar-refractivity contribution in [2.45, 2.75) is 20.8 Å². The fourth-order valence-corrected chi connectivity index (χ4v) is 1.31. The van der Waals surface area contributed by atoms with Gasteiger partial charge in [0.15, 0.2) is 0 Å². The van der Waals surface area contributed by atoms with E-state index in [1.54, 1.807) is 0 Å². The van der Waals surface area contributed by atoms with E-state index >= 15 is 0 Å². The first-order chi connectivity index (χ1) is 8.20. The summed E-state index contributed by atoms with van der Waals surface area (Å²) in [6.45, 7) is 6.51. The largest absolute Gasteiger partial charge is 0.393 e. The molecule has 98 valence electrons. The second kappa shape index (κ2) is 5.03. The number of carbonyl (C=O) groups is 1. The van der Waals surface area contributed by atoms with Gasteiger partial charge in [-0.15, -0.1) is 0 Å². The number of carbonyl (C=O) groups excluding carboxylic acids is 1. The van der Waals surface area contributed by atoms with E-state index in [-0.39, 0.29) is 22.7 Å². The number of anilines is 1. The maximum Gasteiger partial charge on any atom is 0.292 e. The molecule has 0 unspecified atom stereocenters. The molecule has 1 aromatic carbocycles. The first kappa shape index (κ1) is 14.0. The number of nitro benzene ring substituents is 1. The Bertz CT molecular complexity index is 478. The predicted molar refractivity (Wildman–Crippen MR) is 69.3 cm³/mol. The summed E-state index contributed by atoms with van der Waals surface area (Å²) in [7, 11) is 0. The first-order valence-electron chi connectivity index (χ1n) is 5.53. The van der Waals surface area contributed by atoms with Gasteiger partial charge in [0.1, 0.15) is 5.69 Å². The third-order valence-corrected chi connectivity index (χ3v) is 2.27. The highest BCUT2D eigenvalue weighted by Crippen LogP contribution is 2.22. The molecule has 0 saturated heterocycles. The van der Waals surface area contributed by atoms with Crippen LogP contribution in [0.3, 0.4) is 0 Å². The van der Waals surface area contributed by atoms with Crippen molar-refractivity contribution >= 4 is 17.3 Å². The minimum atomic E-state index is -0.577. The van der Waals surface area contributed by atoms with Crippen molar-refractivity contribution in [1.82, 2.24) is 5.32 Å². The number of nitrogens with zero attached hydrogens (tertiary/aromatic N) is 1. The monoisotopic (exact) mass is 251 g/mol. The molecule has 1 amide bonds. The van der Waals surface area contributed by atoms with Crippen LogP contribution in [0, 0.1) is 15.5 Å². The van der Waals surface area contributed by atoms with Gasteiger partial charge in [0.05, 0.1) is 4.92 Å². The summed E-state index contributed by atoms with van der Waals surface area (Å²) >= 11 is 0. The lowest BCUT2D eigenvalue weighted by atomic mass is 9.97. The minimum Gasteiger partial charge on any atom is -0.393 e. The van der Waals surface area contributed by atoms with Crippen LogP contribution in [0.15, 0.2) is 18.2 Å². The Kier molecular flexibility index (Phi) is 3.90. The smallest absolute Gasteiger partial charge is 0.292 e. The normalized spacial score (nSPS) is 11.1. The van der Waals surface area contributed by atoms with E-state index in [2.05, 4.69) is 5.32 Å². The molecule has 3 N–H and O–H groups in total. The third-order valence-electron chi connectivity index (χ3n) is 2.27. The summed E-state index contributed by atoms with van der Waals surface area (Å²) in [5.41, 5.74) is 5.61. The van der Waals surface area contributed by atoms with Gasteiger partial charge in [0.2, 0.25) is 0 Å². The molecule has 1 rings (SSSR count). The van der Waals surface area contributed by atoms with E-state index < -0.39 is 4.92 Å². The molecule has 6 nitrogen and oxygen atoms in total. The molecular weight excluding hydrogens is 234 g/mol. The molecule has 0 bridgehead atoms. The van der Waals surface area contributed by atoms with Crippen LogP contribution in [-0.4, -0.2) is 17.4 Å². The van der Waals surface area contributed by atoms with Crippen molar-refractivity contribution in [3.63, 3.8) is 0 Å². The number of nitro groups is 1. The molecule has 0 saturated carbocycles. The molecule has 0 atom stereocenters. The highest BCUT2D eigenvalue weighted by molar-refractivity contribution is 5.95. The van der Waals surface area contributed by atoms with E-state index in [0.717, 1.165) is 0 Å². The summed E-state index contributed by atoms with van der Waals surface area (Å²) in [6, 6.07) is 3.95. The van der Waals surface area contributed by atoms with Crippen LogP contribution in [0.5, 0.6) is 0 Å². The molecule has 18 heavy (non-hydrogen) atoms. The van der Waals surface area contributed by atoms with E-state index in [0.29, 0.717) is 12.1 Å². The standard InChI is InChI=1S/C12H17N3O3/c1-12(2,3)7-14-11(16)8-4-5-10(15(17)18)9(13)6-8/h4-6H,7,13H2,1-3H3,(H,14,16). The Hall–Kier alpha value is -2.11.